The summed E-state index contributed by atoms with van der Waals surface area (Å²) in [6.45, 7) is 2.17. The molecule has 2 fully saturated rings. The maximum atomic E-state index is 14.1. The van der Waals surface area contributed by atoms with E-state index in [1.54, 1.807) is 6.07 Å². The molecule has 2 aromatic rings. The quantitative estimate of drug-likeness (QED) is 0.899. The van der Waals surface area contributed by atoms with Crippen molar-refractivity contribution in [1.82, 2.24) is 10.2 Å². The minimum atomic E-state index is -0.574. The molecular weight excluding hydrogens is 347 g/mol. The topological polar surface area (TPSA) is 50.8 Å². The van der Waals surface area contributed by atoms with E-state index in [-0.39, 0.29) is 29.5 Å². The Morgan fingerprint density at radius 3 is 2.78 bits per heavy atom. The second-order valence-corrected chi connectivity index (χ2v) is 7.06. The summed E-state index contributed by atoms with van der Waals surface area (Å²) in [4.78, 5) is 15.0. The average molecular weight is 370 g/mol. The van der Waals surface area contributed by atoms with E-state index in [1.165, 1.54) is 24.8 Å². The van der Waals surface area contributed by atoms with Gasteiger partial charge in [0.1, 0.15) is 17.1 Å². The molecule has 2 saturated heterocycles. The van der Waals surface area contributed by atoms with E-state index in [0.717, 1.165) is 19.5 Å². The third-order valence-corrected chi connectivity index (χ3v) is 5.35. The molecule has 2 aromatic carbocycles. The Balaban J connectivity index is 1.41. The Morgan fingerprint density at radius 2 is 2.00 bits per heavy atom. The average Bonchev–Trinajstić information content (AvgIpc) is 3.09. The van der Waals surface area contributed by atoms with Crippen molar-refractivity contribution in [1.29, 1.82) is 0 Å². The maximum absolute atomic E-state index is 14.1. The van der Waals surface area contributed by atoms with Crippen LogP contribution in [0.4, 0.5) is 4.39 Å². The zero-order chi connectivity index (χ0) is 18.8. The van der Waals surface area contributed by atoms with Crippen LogP contribution in [0.5, 0.6) is 5.75 Å². The molecule has 1 amide bonds. The van der Waals surface area contributed by atoms with Crippen molar-refractivity contribution < 1.29 is 18.7 Å². The van der Waals surface area contributed by atoms with Crippen LogP contribution in [0.1, 0.15) is 28.4 Å². The Kier molecular flexibility index (Phi) is 5.09. The van der Waals surface area contributed by atoms with Gasteiger partial charge in [0.05, 0.1) is 19.8 Å². The van der Waals surface area contributed by atoms with E-state index in [0.29, 0.717) is 6.61 Å². The fourth-order valence-corrected chi connectivity index (χ4v) is 4.00. The second kappa shape index (κ2) is 7.66. The highest BCUT2D eigenvalue weighted by Gasteiger charge is 2.38. The van der Waals surface area contributed by atoms with Crippen LogP contribution in [-0.4, -0.2) is 49.7 Å². The predicted molar refractivity (Wildman–Crippen MR) is 99.3 cm³/mol. The predicted octanol–water partition coefficient (Wildman–Crippen LogP) is 2.78. The lowest BCUT2D eigenvalue weighted by atomic mass is 10.1. The van der Waals surface area contributed by atoms with Crippen LogP contribution in [0.3, 0.4) is 0 Å². The van der Waals surface area contributed by atoms with E-state index < -0.39 is 11.7 Å². The van der Waals surface area contributed by atoms with E-state index >= 15 is 0 Å². The summed E-state index contributed by atoms with van der Waals surface area (Å²) in [7, 11) is 1.43. The summed E-state index contributed by atoms with van der Waals surface area (Å²) < 4.78 is 25.3. The normalized spacial score (nSPS) is 25.0. The van der Waals surface area contributed by atoms with Gasteiger partial charge < -0.3 is 14.8 Å². The van der Waals surface area contributed by atoms with Crippen molar-refractivity contribution in [3.63, 3.8) is 0 Å². The fraction of sp³-hybridized carbons (Fsp3) is 0.381. The van der Waals surface area contributed by atoms with Crippen LogP contribution >= 0.6 is 0 Å². The molecule has 0 aromatic heterocycles. The largest absolute Gasteiger partial charge is 0.496 e. The number of carbonyl (C=O) groups is 1. The molecule has 0 spiro atoms. The molecule has 0 aliphatic carbocycles. The van der Waals surface area contributed by atoms with Gasteiger partial charge in [0.2, 0.25) is 0 Å². The first-order chi connectivity index (χ1) is 13.2. The van der Waals surface area contributed by atoms with Gasteiger partial charge in [-0.15, -0.1) is 0 Å². The lowest BCUT2D eigenvalue weighted by Gasteiger charge is -2.35. The van der Waals surface area contributed by atoms with Gasteiger partial charge in [-0.3, -0.25) is 9.69 Å². The van der Waals surface area contributed by atoms with Gasteiger partial charge in [-0.05, 0) is 24.1 Å². The summed E-state index contributed by atoms with van der Waals surface area (Å²) in [6.07, 6.45) is 0.841. The van der Waals surface area contributed by atoms with Crippen molar-refractivity contribution >= 4 is 5.91 Å². The number of hydrogen-bond acceptors (Lipinski definition) is 4. The Hall–Kier alpha value is -2.44. The van der Waals surface area contributed by atoms with Crippen molar-refractivity contribution in [2.75, 3.05) is 26.8 Å². The molecule has 0 saturated carbocycles. The zero-order valence-electron chi connectivity index (χ0n) is 15.2. The molecule has 3 atom stereocenters. The van der Waals surface area contributed by atoms with Gasteiger partial charge in [-0.1, -0.05) is 36.4 Å². The van der Waals surface area contributed by atoms with Crippen molar-refractivity contribution in [3.8, 4) is 5.75 Å². The number of carbonyl (C=O) groups excluding carboxylic acids is 1. The number of morpholine rings is 1. The lowest BCUT2D eigenvalue weighted by Crippen LogP contribution is -2.43. The molecule has 0 radical (unpaired) electrons. The highest BCUT2D eigenvalue weighted by molar-refractivity contribution is 5.97. The van der Waals surface area contributed by atoms with Crippen LogP contribution < -0.4 is 10.1 Å². The number of halogens is 1. The zero-order valence-corrected chi connectivity index (χ0v) is 15.2. The van der Waals surface area contributed by atoms with Crippen LogP contribution in [0.15, 0.2) is 48.5 Å². The fourth-order valence-electron chi connectivity index (χ4n) is 4.00. The molecule has 2 aliphatic rings. The summed E-state index contributed by atoms with van der Waals surface area (Å²) in [5, 5.41) is 2.97. The number of rotatable bonds is 4. The minimum absolute atomic E-state index is 0.0371. The van der Waals surface area contributed by atoms with E-state index in [9.17, 15) is 9.18 Å². The number of fused-ring (bicyclic) bond motifs is 1. The first kappa shape index (κ1) is 17.9. The molecule has 5 nitrogen and oxygen atoms in total. The van der Waals surface area contributed by atoms with Crippen LogP contribution in [0, 0.1) is 5.82 Å². The molecule has 27 heavy (non-hydrogen) atoms. The standard InChI is InChI=1S/C21H23FN2O3/c1-26-18-9-5-8-17(22)20(18)21(25)23-15-10-16-13-27-19(12-24(16)11-15)14-6-3-2-4-7-14/h2-9,15-16,19H,10-13H2,1H3,(H,23,25)/t15-,16+,19-/m1/s1. The van der Waals surface area contributed by atoms with Crippen molar-refractivity contribution in [2.45, 2.75) is 24.6 Å². The van der Waals surface area contributed by atoms with E-state index in [2.05, 4.69) is 22.3 Å². The van der Waals surface area contributed by atoms with Gasteiger partial charge in [0.15, 0.2) is 0 Å². The Bertz CT molecular complexity index is 814. The van der Waals surface area contributed by atoms with Gasteiger partial charge in [0, 0.05) is 25.2 Å². The molecule has 4 rings (SSSR count). The van der Waals surface area contributed by atoms with Gasteiger partial charge in [-0.2, -0.15) is 0 Å². The summed E-state index contributed by atoms with van der Waals surface area (Å²) >= 11 is 0. The lowest BCUT2D eigenvalue weighted by molar-refractivity contribution is -0.0502. The van der Waals surface area contributed by atoms with Crippen molar-refractivity contribution in [2.24, 2.45) is 0 Å². The molecule has 2 heterocycles. The third kappa shape index (κ3) is 3.68. The SMILES string of the molecule is COc1cccc(F)c1C(=O)N[C@@H]1C[C@H]2CO[C@@H](c3ccccc3)CN2C1. The number of nitrogens with one attached hydrogen (secondary N) is 1. The smallest absolute Gasteiger partial charge is 0.258 e. The molecule has 0 unspecified atom stereocenters. The minimum Gasteiger partial charge on any atom is -0.496 e. The highest BCUT2D eigenvalue weighted by atomic mass is 19.1. The number of ether oxygens (including phenoxy) is 2. The monoisotopic (exact) mass is 370 g/mol. The molecule has 6 heteroatoms. The van der Waals surface area contributed by atoms with Gasteiger partial charge in [-0.25, -0.2) is 4.39 Å². The van der Waals surface area contributed by atoms with Crippen molar-refractivity contribution in [3.05, 3.63) is 65.5 Å². The molecule has 1 N–H and O–H groups in total. The Labute approximate surface area is 158 Å². The number of amides is 1. The summed E-state index contributed by atoms with van der Waals surface area (Å²) in [5.74, 6) is -0.763. The summed E-state index contributed by atoms with van der Waals surface area (Å²) in [6, 6.07) is 14.8. The van der Waals surface area contributed by atoms with Crippen LogP contribution in [0.25, 0.3) is 0 Å². The first-order valence-electron chi connectivity index (χ1n) is 9.19. The molecule has 2 aliphatic heterocycles. The first-order valence-corrected chi connectivity index (χ1v) is 9.19. The summed E-state index contributed by atoms with van der Waals surface area (Å²) in [5.41, 5.74) is 1.13. The van der Waals surface area contributed by atoms with Gasteiger partial charge >= 0.3 is 0 Å². The van der Waals surface area contributed by atoms with E-state index in [4.69, 9.17) is 9.47 Å². The maximum Gasteiger partial charge on any atom is 0.258 e. The third-order valence-electron chi connectivity index (χ3n) is 5.35. The highest BCUT2D eigenvalue weighted by Crippen LogP contribution is 2.30. The number of nitrogens with zero attached hydrogens (tertiary/aromatic N) is 1. The van der Waals surface area contributed by atoms with E-state index in [1.807, 2.05) is 18.2 Å². The van der Waals surface area contributed by atoms with Crippen LogP contribution in [0.2, 0.25) is 0 Å². The van der Waals surface area contributed by atoms with Gasteiger partial charge in [0.25, 0.3) is 5.91 Å². The number of benzene rings is 2. The Morgan fingerprint density at radius 1 is 1.19 bits per heavy atom. The molecular formula is C21H23FN2O3. The second-order valence-electron chi connectivity index (χ2n) is 7.06. The number of methoxy groups -OCH3 is 1. The molecule has 0 bridgehead atoms. The number of hydrogen-bond donors (Lipinski definition) is 1. The molecule has 142 valence electrons. The van der Waals surface area contributed by atoms with Crippen LogP contribution in [-0.2, 0) is 4.74 Å².